The monoisotopic (exact) mass is 472 g/mol. The molecule has 0 atom stereocenters. The molecule has 0 fully saturated rings. The predicted octanol–water partition coefficient (Wildman–Crippen LogP) is 1.22. The van der Waals surface area contributed by atoms with Crippen LogP contribution in [0.4, 0.5) is 5.82 Å². The van der Waals surface area contributed by atoms with Crippen LogP contribution in [0.5, 0.6) is 0 Å². The highest BCUT2D eigenvalue weighted by atomic mass is 127. The van der Waals surface area contributed by atoms with Gasteiger partial charge in [-0.1, -0.05) is 6.07 Å². The molecule has 0 radical (unpaired) electrons. The molecular formula is C16H25IN8O. The summed E-state index contributed by atoms with van der Waals surface area (Å²) in [5.41, 5.74) is 0.862. The number of aromatic nitrogens is 4. The Labute approximate surface area is 170 Å². The fourth-order valence-electron chi connectivity index (χ4n) is 2.07. The third kappa shape index (κ3) is 7.33. The second-order valence-electron chi connectivity index (χ2n) is 5.38. The molecule has 26 heavy (non-hydrogen) atoms. The number of nitrogens with one attached hydrogen (secondary N) is 3. The second-order valence-corrected chi connectivity index (χ2v) is 5.38. The largest absolute Gasteiger partial charge is 0.357 e. The second kappa shape index (κ2) is 11.4. The molecule has 2 rings (SSSR count). The molecule has 0 aliphatic rings. The lowest BCUT2D eigenvalue weighted by atomic mass is 10.3. The summed E-state index contributed by atoms with van der Waals surface area (Å²) in [6.07, 6.45) is 1.80. The molecule has 10 heteroatoms. The van der Waals surface area contributed by atoms with E-state index in [1.165, 1.54) is 6.33 Å². The molecule has 0 unspecified atom stereocenters. The average Bonchev–Trinajstić information content (AvgIpc) is 2.97. The Morgan fingerprint density at radius 1 is 1.31 bits per heavy atom. The van der Waals surface area contributed by atoms with Crippen LogP contribution in [0.1, 0.15) is 24.9 Å². The summed E-state index contributed by atoms with van der Waals surface area (Å²) in [5, 5.41) is 13.1. The van der Waals surface area contributed by atoms with Crippen molar-refractivity contribution in [2.24, 2.45) is 12.0 Å². The number of pyridine rings is 1. The van der Waals surface area contributed by atoms with E-state index in [1.807, 2.05) is 33.0 Å². The Morgan fingerprint density at radius 2 is 2.12 bits per heavy atom. The van der Waals surface area contributed by atoms with Gasteiger partial charge in [0.15, 0.2) is 5.96 Å². The first-order valence-electron chi connectivity index (χ1n) is 8.17. The zero-order chi connectivity index (χ0) is 18.1. The lowest BCUT2D eigenvalue weighted by Gasteiger charge is -2.11. The Balaban J connectivity index is 0.00000338. The quantitative estimate of drug-likeness (QED) is 0.318. The number of hydrogen-bond donors (Lipinski definition) is 3. The summed E-state index contributed by atoms with van der Waals surface area (Å²) in [6, 6.07) is 5.51. The molecule has 0 aromatic carbocycles. The lowest BCUT2D eigenvalue weighted by molar-refractivity contribution is -0.116. The van der Waals surface area contributed by atoms with Crippen LogP contribution < -0.4 is 16.0 Å². The minimum atomic E-state index is -0.102. The van der Waals surface area contributed by atoms with E-state index in [0.717, 1.165) is 18.1 Å². The summed E-state index contributed by atoms with van der Waals surface area (Å²) in [4.78, 5) is 24.8. The lowest BCUT2D eigenvalue weighted by Crippen LogP contribution is -2.38. The normalized spacial score (nSPS) is 10.8. The number of halogens is 1. The van der Waals surface area contributed by atoms with Crippen LogP contribution in [0.25, 0.3) is 0 Å². The number of aryl methyl sites for hydroxylation is 2. The van der Waals surface area contributed by atoms with Gasteiger partial charge in [-0.15, -0.1) is 24.0 Å². The Kier molecular flexibility index (Phi) is 9.55. The highest BCUT2D eigenvalue weighted by Gasteiger charge is 2.05. The predicted molar refractivity (Wildman–Crippen MR) is 111 cm³/mol. The Hall–Kier alpha value is -2.24. The molecule has 0 bridgehead atoms. The molecule has 0 aliphatic carbocycles. The van der Waals surface area contributed by atoms with E-state index in [9.17, 15) is 4.79 Å². The van der Waals surface area contributed by atoms with Gasteiger partial charge in [-0.3, -0.25) is 9.48 Å². The molecule has 1 amide bonds. The number of hydrogen-bond acceptors (Lipinski definition) is 5. The van der Waals surface area contributed by atoms with Crippen LogP contribution in [-0.2, 0) is 18.4 Å². The van der Waals surface area contributed by atoms with Crippen molar-refractivity contribution in [2.45, 2.75) is 26.8 Å². The maximum Gasteiger partial charge on any atom is 0.227 e. The number of carbonyl (C=O) groups is 1. The first kappa shape index (κ1) is 21.8. The van der Waals surface area contributed by atoms with E-state index in [1.54, 1.807) is 10.7 Å². The number of amides is 1. The summed E-state index contributed by atoms with van der Waals surface area (Å²) >= 11 is 0. The fourth-order valence-corrected chi connectivity index (χ4v) is 2.07. The van der Waals surface area contributed by atoms with Gasteiger partial charge < -0.3 is 16.0 Å². The van der Waals surface area contributed by atoms with Gasteiger partial charge >= 0.3 is 0 Å². The molecule has 0 saturated heterocycles. The van der Waals surface area contributed by atoms with Gasteiger partial charge in [-0.05, 0) is 26.0 Å². The minimum Gasteiger partial charge on any atom is -0.357 e. The summed E-state index contributed by atoms with van der Waals surface area (Å²) in [6.45, 7) is 5.46. The van der Waals surface area contributed by atoms with E-state index in [2.05, 4.69) is 36.0 Å². The smallest absolute Gasteiger partial charge is 0.227 e. The molecule has 3 N–H and O–H groups in total. The third-order valence-electron chi connectivity index (χ3n) is 3.33. The molecule has 2 aromatic heterocycles. The van der Waals surface area contributed by atoms with Gasteiger partial charge in [0.25, 0.3) is 0 Å². The van der Waals surface area contributed by atoms with E-state index >= 15 is 0 Å². The SMILES string of the molecule is CCNC(=NCc1ncnn1C)NCCC(=O)Nc1cccc(C)n1.I. The zero-order valence-corrected chi connectivity index (χ0v) is 17.5. The molecule has 0 aliphatic heterocycles. The van der Waals surface area contributed by atoms with Gasteiger partial charge in [0.05, 0.1) is 0 Å². The van der Waals surface area contributed by atoms with Gasteiger partial charge in [0, 0.05) is 32.3 Å². The van der Waals surface area contributed by atoms with Crippen LogP contribution in [-0.4, -0.2) is 44.7 Å². The topological polar surface area (TPSA) is 109 Å². The molecule has 9 nitrogen and oxygen atoms in total. The van der Waals surface area contributed by atoms with Crippen molar-refractivity contribution in [1.29, 1.82) is 0 Å². The Morgan fingerprint density at radius 3 is 2.77 bits per heavy atom. The summed E-state index contributed by atoms with van der Waals surface area (Å²) in [5.74, 6) is 1.86. The molecule has 142 valence electrons. The van der Waals surface area contributed by atoms with E-state index in [0.29, 0.717) is 31.3 Å². The standard InChI is InChI=1S/C16H24N8O.HI/c1-4-17-16(19-10-14-20-11-21-24(14)3)18-9-8-15(25)23-13-7-5-6-12(2)22-13;/h5-7,11H,4,8-10H2,1-3H3,(H2,17,18,19)(H,22,23,25);1H. The molecular weight excluding hydrogens is 447 g/mol. The molecule has 2 aromatic rings. The number of aliphatic imine (C=N–C) groups is 1. The zero-order valence-electron chi connectivity index (χ0n) is 15.2. The molecule has 0 saturated carbocycles. The van der Waals surface area contributed by atoms with Crippen molar-refractivity contribution in [1.82, 2.24) is 30.4 Å². The van der Waals surface area contributed by atoms with Crippen LogP contribution in [0, 0.1) is 6.92 Å². The van der Waals surface area contributed by atoms with Crippen LogP contribution in [0.3, 0.4) is 0 Å². The van der Waals surface area contributed by atoms with Gasteiger partial charge in [0.1, 0.15) is 24.5 Å². The van der Waals surface area contributed by atoms with Crippen molar-refractivity contribution < 1.29 is 4.79 Å². The van der Waals surface area contributed by atoms with Gasteiger partial charge in [-0.25, -0.2) is 15.0 Å². The minimum absolute atomic E-state index is 0. The van der Waals surface area contributed by atoms with Crippen molar-refractivity contribution in [3.8, 4) is 0 Å². The van der Waals surface area contributed by atoms with Crippen molar-refractivity contribution in [3.05, 3.63) is 36.0 Å². The van der Waals surface area contributed by atoms with E-state index in [4.69, 9.17) is 0 Å². The summed E-state index contributed by atoms with van der Waals surface area (Å²) in [7, 11) is 1.82. The molecule has 2 heterocycles. The fraction of sp³-hybridized carbons (Fsp3) is 0.438. The first-order valence-corrected chi connectivity index (χ1v) is 8.17. The van der Waals surface area contributed by atoms with E-state index < -0.39 is 0 Å². The first-order chi connectivity index (χ1) is 12.1. The highest BCUT2D eigenvalue weighted by molar-refractivity contribution is 14.0. The number of nitrogens with zero attached hydrogens (tertiary/aromatic N) is 5. The number of guanidine groups is 1. The van der Waals surface area contributed by atoms with Gasteiger partial charge in [0.2, 0.25) is 5.91 Å². The number of rotatable bonds is 7. The van der Waals surface area contributed by atoms with Crippen molar-refractivity contribution in [3.63, 3.8) is 0 Å². The third-order valence-corrected chi connectivity index (χ3v) is 3.33. The maximum absolute atomic E-state index is 12.0. The van der Waals surface area contributed by atoms with Crippen LogP contribution >= 0.6 is 24.0 Å². The summed E-state index contributed by atoms with van der Waals surface area (Å²) < 4.78 is 1.68. The van der Waals surface area contributed by atoms with Gasteiger partial charge in [-0.2, -0.15) is 5.10 Å². The van der Waals surface area contributed by atoms with E-state index in [-0.39, 0.29) is 29.9 Å². The number of anilines is 1. The average molecular weight is 472 g/mol. The van der Waals surface area contributed by atoms with Crippen molar-refractivity contribution >= 4 is 41.7 Å². The maximum atomic E-state index is 12.0. The highest BCUT2D eigenvalue weighted by Crippen LogP contribution is 2.03. The number of carbonyl (C=O) groups excluding carboxylic acids is 1. The van der Waals surface area contributed by atoms with Crippen molar-refractivity contribution in [2.75, 3.05) is 18.4 Å². The Bertz CT molecular complexity index is 731. The molecule has 0 spiro atoms. The van der Waals surface area contributed by atoms with Crippen LogP contribution in [0.15, 0.2) is 29.5 Å². The van der Waals surface area contributed by atoms with Crippen LogP contribution in [0.2, 0.25) is 0 Å².